The first-order valence-electron chi connectivity index (χ1n) is 8.76. The Morgan fingerprint density at radius 1 is 1.19 bits per heavy atom. The van der Waals surface area contributed by atoms with Gasteiger partial charge in [0, 0.05) is 19.0 Å². The molecule has 7 heteroatoms. The van der Waals surface area contributed by atoms with Crippen LogP contribution in [0.4, 0.5) is 0 Å². The molecule has 2 aromatic carbocycles. The Bertz CT molecular complexity index is 968. The number of rotatable bonds is 6. The number of hydrogen-bond donors (Lipinski definition) is 1. The van der Waals surface area contributed by atoms with Gasteiger partial charge in [-0.25, -0.2) is 9.48 Å². The van der Waals surface area contributed by atoms with Crippen molar-refractivity contribution in [1.29, 1.82) is 0 Å². The van der Waals surface area contributed by atoms with E-state index in [2.05, 4.69) is 15.6 Å². The first kappa shape index (κ1) is 18.6. The van der Waals surface area contributed by atoms with Crippen molar-refractivity contribution in [2.45, 2.75) is 25.8 Å². The predicted molar refractivity (Wildman–Crippen MR) is 101 cm³/mol. The summed E-state index contributed by atoms with van der Waals surface area (Å²) >= 11 is 0. The van der Waals surface area contributed by atoms with Gasteiger partial charge < -0.3 is 10.1 Å². The van der Waals surface area contributed by atoms with Crippen molar-refractivity contribution in [2.24, 2.45) is 7.05 Å². The highest BCUT2D eigenvalue weighted by Crippen LogP contribution is 2.18. The second-order valence-corrected chi connectivity index (χ2v) is 6.59. The van der Waals surface area contributed by atoms with Gasteiger partial charge in [-0.1, -0.05) is 35.5 Å². The van der Waals surface area contributed by atoms with Crippen LogP contribution in [0.2, 0.25) is 0 Å². The largest absolute Gasteiger partial charge is 0.464 e. The second kappa shape index (κ2) is 7.57. The summed E-state index contributed by atoms with van der Waals surface area (Å²) in [7, 11) is 1.78. The summed E-state index contributed by atoms with van der Waals surface area (Å²) in [5, 5.41) is 10.8. The van der Waals surface area contributed by atoms with E-state index in [1.54, 1.807) is 43.8 Å². The number of amides is 1. The molecule has 1 N–H and O–H groups in total. The van der Waals surface area contributed by atoms with Gasteiger partial charge in [0.2, 0.25) is 0 Å². The zero-order valence-electron chi connectivity index (χ0n) is 15.6. The fourth-order valence-corrected chi connectivity index (χ4v) is 2.97. The third-order valence-electron chi connectivity index (χ3n) is 4.39. The highest BCUT2D eigenvalue weighted by Gasteiger charge is 2.37. The fourth-order valence-electron chi connectivity index (χ4n) is 2.97. The van der Waals surface area contributed by atoms with E-state index in [1.165, 1.54) is 0 Å². The van der Waals surface area contributed by atoms with Crippen molar-refractivity contribution in [2.75, 3.05) is 6.61 Å². The molecule has 0 aliphatic carbocycles. The summed E-state index contributed by atoms with van der Waals surface area (Å²) in [6.07, 6.45) is 0.325. The molecule has 27 heavy (non-hydrogen) atoms. The molecule has 0 saturated heterocycles. The van der Waals surface area contributed by atoms with E-state index in [-0.39, 0.29) is 12.5 Å². The van der Waals surface area contributed by atoms with E-state index in [1.807, 2.05) is 30.3 Å². The third kappa shape index (κ3) is 3.97. The molecule has 1 aromatic heterocycles. The Labute approximate surface area is 157 Å². The normalized spacial score (nSPS) is 13.1. The Balaban J connectivity index is 1.87. The fraction of sp³-hybridized carbons (Fsp3) is 0.300. The highest BCUT2D eigenvalue weighted by molar-refractivity contribution is 6.00. The van der Waals surface area contributed by atoms with Gasteiger partial charge in [0.05, 0.1) is 12.1 Å². The van der Waals surface area contributed by atoms with Crippen LogP contribution in [0.25, 0.3) is 11.0 Å². The number of carbonyl (C=O) groups is 2. The Morgan fingerprint density at radius 3 is 2.63 bits per heavy atom. The van der Waals surface area contributed by atoms with Crippen molar-refractivity contribution in [1.82, 2.24) is 20.3 Å². The van der Waals surface area contributed by atoms with Gasteiger partial charge in [0.15, 0.2) is 0 Å². The minimum atomic E-state index is -1.19. The van der Waals surface area contributed by atoms with E-state index in [0.717, 1.165) is 11.1 Å². The summed E-state index contributed by atoms with van der Waals surface area (Å²) < 4.78 is 6.84. The molecule has 0 bridgehead atoms. The smallest absolute Gasteiger partial charge is 0.331 e. The van der Waals surface area contributed by atoms with Crippen LogP contribution in [-0.2, 0) is 23.0 Å². The molecule has 3 aromatic rings. The van der Waals surface area contributed by atoms with Gasteiger partial charge in [-0.05, 0) is 37.6 Å². The molecule has 1 atom stereocenters. The maximum atomic E-state index is 12.8. The predicted octanol–water partition coefficient (Wildman–Crippen LogP) is 2.26. The number of nitrogens with one attached hydrogen (secondary N) is 1. The van der Waals surface area contributed by atoms with Gasteiger partial charge in [-0.15, -0.1) is 5.10 Å². The lowest BCUT2D eigenvalue weighted by Crippen LogP contribution is -2.54. The van der Waals surface area contributed by atoms with Crippen molar-refractivity contribution in [3.63, 3.8) is 0 Å². The highest BCUT2D eigenvalue weighted by atomic mass is 16.5. The third-order valence-corrected chi connectivity index (χ3v) is 4.39. The minimum absolute atomic E-state index is 0.241. The topological polar surface area (TPSA) is 86.1 Å². The van der Waals surface area contributed by atoms with Crippen LogP contribution in [0.5, 0.6) is 0 Å². The summed E-state index contributed by atoms with van der Waals surface area (Å²) in [6.45, 7) is 3.66. The molecule has 0 aliphatic heterocycles. The lowest BCUT2D eigenvalue weighted by molar-refractivity contribution is -0.150. The van der Waals surface area contributed by atoms with Crippen LogP contribution in [0.3, 0.4) is 0 Å². The first-order chi connectivity index (χ1) is 12.9. The van der Waals surface area contributed by atoms with Gasteiger partial charge in [0.1, 0.15) is 11.1 Å². The van der Waals surface area contributed by atoms with Gasteiger partial charge >= 0.3 is 5.97 Å². The molecule has 7 nitrogen and oxygen atoms in total. The van der Waals surface area contributed by atoms with Crippen LogP contribution < -0.4 is 5.32 Å². The number of aromatic nitrogens is 3. The van der Waals surface area contributed by atoms with Crippen LogP contribution in [0.15, 0.2) is 48.5 Å². The van der Waals surface area contributed by atoms with E-state index >= 15 is 0 Å². The maximum Gasteiger partial charge on any atom is 0.331 e. The Kier molecular flexibility index (Phi) is 5.21. The van der Waals surface area contributed by atoms with Crippen molar-refractivity contribution >= 4 is 22.9 Å². The zero-order chi connectivity index (χ0) is 19.4. The van der Waals surface area contributed by atoms with Gasteiger partial charge in [0.25, 0.3) is 5.91 Å². The van der Waals surface area contributed by atoms with Crippen molar-refractivity contribution in [3.8, 4) is 0 Å². The Hall–Kier alpha value is -3.22. The quantitative estimate of drug-likeness (QED) is 0.676. The molecule has 0 saturated carbocycles. The molecular weight excluding hydrogens is 344 g/mol. The lowest BCUT2D eigenvalue weighted by Gasteiger charge is -2.28. The molecule has 1 heterocycles. The monoisotopic (exact) mass is 366 g/mol. The number of ether oxygens (including phenoxy) is 1. The number of aryl methyl sites for hydroxylation is 1. The maximum absolute atomic E-state index is 12.8. The van der Waals surface area contributed by atoms with Crippen molar-refractivity contribution in [3.05, 3.63) is 59.7 Å². The van der Waals surface area contributed by atoms with E-state index in [4.69, 9.17) is 4.74 Å². The molecule has 0 radical (unpaired) electrons. The summed E-state index contributed by atoms with van der Waals surface area (Å²) in [4.78, 5) is 25.4. The number of nitrogens with zero attached hydrogens (tertiary/aromatic N) is 3. The average molecular weight is 366 g/mol. The Morgan fingerprint density at radius 2 is 1.93 bits per heavy atom. The summed E-state index contributed by atoms with van der Waals surface area (Å²) in [5.41, 5.74) is 1.59. The van der Waals surface area contributed by atoms with Crippen LogP contribution in [0, 0.1) is 0 Å². The molecule has 1 amide bonds. The number of hydrogen-bond acceptors (Lipinski definition) is 5. The van der Waals surface area contributed by atoms with E-state index < -0.39 is 11.5 Å². The molecule has 140 valence electrons. The SMILES string of the molecule is CCOC(=O)C(C)(Cc1ccccc1)NC(=O)c1ccc2c(c1)nnn2C. The van der Waals surface area contributed by atoms with Gasteiger partial charge in [-0.3, -0.25) is 4.79 Å². The number of carbonyl (C=O) groups excluding carboxylic acids is 2. The first-order valence-corrected chi connectivity index (χ1v) is 8.76. The summed E-state index contributed by atoms with van der Waals surface area (Å²) in [6, 6.07) is 14.6. The number of fused-ring (bicyclic) bond motifs is 1. The van der Waals surface area contributed by atoms with Gasteiger partial charge in [-0.2, -0.15) is 0 Å². The zero-order valence-corrected chi connectivity index (χ0v) is 15.6. The van der Waals surface area contributed by atoms with Crippen LogP contribution >= 0.6 is 0 Å². The van der Waals surface area contributed by atoms with Crippen LogP contribution in [-0.4, -0.2) is 39.0 Å². The second-order valence-electron chi connectivity index (χ2n) is 6.59. The van der Waals surface area contributed by atoms with Crippen molar-refractivity contribution < 1.29 is 14.3 Å². The average Bonchev–Trinajstić information content (AvgIpc) is 3.03. The van der Waals surface area contributed by atoms with Crippen LogP contribution in [0.1, 0.15) is 29.8 Å². The molecule has 0 aliphatic rings. The lowest BCUT2D eigenvalue weighted by atomic mass is 9.92. The molecular formula is C20H22N4O3. The minimum Gasteiger partial charge on any atom is -0.464 e. The molecule has 0 spiro atoms. The summed E-state index contributed by atoms with van der Waals surface area (Å²) in [5.74, 6) is -0.836. The molecule has 0 fully saturated rings. The molecule has 1 unspecified atom stereocenters. The number of benzene rings is 2. The number of esters is 1. The van der Waals surface area contributed by atoms with E-state index in [9.17, 15) is 9.59 Å². The standard InChI is InChI=1S/C20H22N4O3/c1-4-27-19(26)20(2,13-14-8-6-5-7-9-14)21-18(25)15-10-11-17-16(12-15)22-23-24(17)3/h5-12H,4,13H2,1-3H3,(H,21,25). The molecule has 3 rings (SSSR count). The van der Waals surface area contributed by atoms with E-state index in [0.29, 0.717) is 17.5 Å².